The molecule has 3 nitrogen and oxygen atoms in total. The molecule has 18 heavy (non-hydrogen) atoms. The highest BCUT2D eigenvalue weighted by Crippen LogP contribution is 2.21. The number of hydrogen-bond acceptors (Lipinski definition) is 2. The lowest BCUT2D eigenvalue weighted by Crippen LogP contribution is -2.40. The summed E-state index contributed by atoms with van der Waals surface area (Å²) in [6.07, 6.45) is 2.10. The third-order valence-corrected chi connectivity index (χ3v) is 2.91. The maximum atomic E-state index is 11.5. The minimum Gasteiger partial charge on any atom is -0.346 e. The number of hydrogen-bond donors (Lipinski definition) is 1. The van der Waals surface area contributed by atoms with Crippen molar-refractivity contribution < 1.29 is 4.79 Å². The van der Waals surface area contributed by atoms with E-state index in [4.69, 9.17) is 5.26 Å². The largest absolute Gasteiger partial charge is 0.346 e. The first kappa shape index (κ1) is 14.2. The number of nitrogens with zero attached hydrogens (tertiary/aromatic N) is 1. The maximum Gasteiger partial charge on any atom is 0.234 e. The van der Waals surface area contributed by atoms with E-state index in [1.807, 2.05) is 32.0 Å². The van der Waals surface area contributed by atoms with Crippen molar-refractivity contribution in [2.75, 3.05) is 0 Å². The molecule has 0 bridgehead atoms. The highest BCUT2D eigenvalue weighted by Gasteiger charge is 2.22. The molecule has 0 spiro atoms. The van der Waals surface area contributed by atoms with Crippen molar-refractivity contribution >= 4 is 5.91 Å². The van der Waals surface area contributed by atoms with Gasteiger partial charge in [0, 0.05) is 0 Å². The molecule has 0 aromatic heterocycles. The summed E-state index contributed by atoms with van der Waals surface area (Å²) in [5.41, 5.74) is 1.91. The molecule has 1 N–H and O–H groups in total. The molecule has 1 aromatic rings. The van der Waals surface area contributed by atoms with Gasteiger partial charge in [-0.25, -0.2) is 0 Å². The number of nitrogens with one attached hydrogen (secondary N) is 1. The van der Waals surface area contributed by atoms with E-state index in [1.54, 1.807) is 0 Å². The van der Waals surface area contributed by atoms with Crippen molar-refractivity contribution in [2.45, 2.75) is 45.6 Å². The van der Waals surface area contributed by atoms with Crippen LogP contribution in [-0.2, 0) is 16.8 Å². The van der Waals surface area contributed by atoms with Crippen molar-refractivity contribution in [3.63, 3.8) is 0 Å². The summed E-state index contributed by atoms with van der Waals surface area (Å²) < 4.78 is 0. The van der Waals surface area contributed by atoms with E-state index in [0.717, 1.165) is 18.4 Å². The van der Waals surface area contributed by atoms with Crippen molar-refractivity contribution in [1.82, 2.24) is 5.32 Å². The molecule has 1 amide bonds. The van der Waals surface area contributed by atoms with E-state index in [1.165, 1.54) is 5.56 Å². The van der Waals surface area contributed by atoms with Gasteiger partial charge in [0.25, 0.3) is 0 Å². The van der Waals surface area contributed by atoms with Crippen LogP contribution in [0.5, 0.6) is 0 Å². The lowest BCUT2D eigenvalue weighted by atomic mass is 9.92. The monoisotopic (exact) mass is 244 g/mol. The zero-order valence-corrected chi connectivity index (χ0v) is 11.3. The van der Waals surface area contributed by atoms with E-state index in [9.17, 15) is 4.79 Å². The first-order valence-corrected chi connectivity index (χ1v) is 6.27. The Morgan fingerprint density at radius 1 is 1.33 bits per heavy atom. The Labute approximate surface area is 109 Å². The van der Waals surface area contributed by atoms with Gasteiger partial charge in [-0.3, -0.25) is 4.79 Å². The van der Waals surface area contributed by atoms with Crippen molar-refractivity contribution in [3.8, 4) is 6.07 Å². The molecule has 1 rings (SSSR count). The lowest BCUT2D eigenvalue weighted by Gasteiger charge is -2.26. The van der Waals surface area contributed by atoms with Gasteiger partial charge >= 0.3 is 0 Å². The van der Waals surface area contributed by atoms with Crippen LogP contribution in [0.25, 0.3) is 0 Å². The summed E-state index contributed by atoms with van der Waals surface area (Å²) in [7, 11) is 0. The molecule has 0 aliphatic carbocycles. The molecule has 0 aliphatic rings. The van der Waals surface area contributed by atoms with E-state index < -0.39 is 5.54 Å². The third kappa shape index (κ3) is 3.89. The molecule has 0 unspecified atom stereocenters. The Hall–Kier alpha value is -1.82. The van der Waals surface area contributed by atoms with Crippen LogP contribution in [-0.4, -0.2) is 5.91 Å². The lowest BCUT2D eigenvalue weighted by molar-refractivity contribution is -0.121. The average Bonchev–Trinajstić information content (AvgIpc) is 2.29. The number of amides is 1. The fraction of sp³-hybridized carbons (Fsp3) is 0.467. The molecule has 3 heteroatoms. The van der Waals surface area contributed by atoms with Crippen molar-refractivity contribution in [2.24, 2.45) is 0 Å². The summed E-state index contributed by atoms with van der Waals surface area (Å²) in [4.78, 5) is 11.5. The number of carbonyl (C=O) groups excluding carboxylic acids is 1. The Kier molecular flexibility index (Phi) is 4.91. The van der Waals surface area contributed by atoms with Gasteiger partial charge in [0.05, 0.1) is 11.6 Å². The number of benzene rings is 1. The molecular formula is C15H20N2O. The molecule has 0 radical (unpaired) electrons. The standard InChI is InChI=1S/C15H20N2O/c1-4-5-12-6-8-13(9-7-12)15(2,3)17-14(18)10-11-16/h6-9H,4-5,10H2,1-3H3,(H,17,18). The molecule has 0 saturated heterocycles. The molecule has 0 saturated carbocycles. The summed E-state index contributed by atoms with van der Waals surface area (Å²) in [5, 5.41) is 11.4. The van der Waals surface area contributed by atoms with Crippen LogP contribution in [0.1, 0.15) is 44.7 Å². The zero-order chi connectivity index (χ0) is 13.6. The van der Waals surface area contributed by atoms with Crippen LogP contribution in [0.3, 0.4) is 0 Å². The van der Waals surface area contributed by atoms with Crippen LogP contribution in [0, 0.1) is 11.3 Å². The van der Waals surface area contributed by atoms with Crippen LogP contribution in [0.15, 0.2) is 24.3 Å². The summed E-state index contributed by atoms with van der Waals surface area (Å²) in [6, 6.07) is 10.1. The van der Waals surface area contributed by atoms with Gasteiger partial charge in [-0.05, 0) is 31.4 Å². The number of carbonyl (C=O) groups is 1. The fourth-order valence-electron chi connectivity index (χ4n) is 1.91. The SMILES string of the molecule is CCCc1ccc(C(C)(C)NC(=O)CC#N)cc1. The maximum absolute atomic E-state index is 11.5. The molecule has 0 atom stereocenters. The van der Waals surface area contributed by atoms with E-state index in [2.05, 4.69) is 24.4 Å². The van der Waals surface area contributed by atoms with Gasteiger partial charge in [0.1, 0.15) is 6.42 Å². The Bertz CT molecular complexity index is 441. The summed E-state index contributed by atoms with van der Waals surface area (Å²) in [6.45, 7) is 6.04. The second-order valence-electron chi connectivity index (χ2n) is 4.95. The Morgan fingerprint density at radius 3 is 2.44 bits per heavy atom. The predicted molar refractivity (Wildman–Crippen MR) is 71.8 cm³/mol. The van der Waals surface area contributed by atoms with Crippen LogP contribution in [0.4, 0.5) is 0 Å². The van der Waals surface area contributed by atoms with E-state index >= 15 is 0 Å². The molecule has 96 valence electrons. The second-order valence-corrected chi connectivity index (χ2v) is 4.95. The minimum atomic E-state index is -0.446. The van der Waals surface area contributed by atoms with Crippen molar-refractivity contribution in [1.29, 1.82) is 5.26 Å². The van der Waals surface area contributed by atoms with Crippen LogP contribution < -0.4 is 5.32 Å². The quantitative estimate of drug-likeness (QED) is 0.865. The molecule has 0 aliphatic heterocycles. The van der Waals surface area contributed by atoms with Gasteiger partial charge in [0.2, 0.25) is 5.91 Å². The Balaban J connectivity index is 2.78. The summed E-state index contributed by atoms with van der Waals surface area (Å²) >= 11 is 0. The number of aryl methyl sites for hydroxylation is 1. The van der Waals surface area contributed by atoms with Crippen LogP contribution >= 0.6 is 0 Å². The summed E-state index contributed by atoms with van der Waals surface area (Å²) in [5.74, 6) is -0.236. The topological polar surface area (TPSA) is 52.9 Å². The molecule has 1 aromatic carbocycles. The molecule has 0 fully saturated rings. The smallest absolute Gasteiger partial charge is 0.234 e. The van der Waals surface area contributed by atoms with E-state index in [-0.39, 0.29) is 12.3 Å². The number of rotatable bonds is 5. The highest BCUT2D eigenvalue weighted by atomic mass is 16.1. The van der Waals surface area contributed by atoms with Gasteiger partial charge in [0.15, 0.2) is 0 Å². The van der Waals surface area contributed by atoms with Gasteiger partial charge < -0.3 is 5.32 Å². The van der Waals surface area contributed by atoms with Gasteiger partial charge in [-0.2, -0.15) is 5.26 Å². The average molecular weight is 244 g/mol. The first-order valence-electron chi connectivity index (χ1n) is 6.27. The van der Waals surface area contributed by atoms with Crippen LogP contribution in [0.2, 0.25) is 0 Å². The molecular weight excluding hydrogens is 224 g/mol. The second kappa shape index (κ2) is 6.20. The zero-order valence-electron chi connectivity index (χ0n) is 11.3. The van der Waals surface area contributed by atoms with Crippen molar-refractivity contribution in [3.05, 3.63) is 35.4 Å². The molecule has 0 heterocycles. The minimum absolute atomic E-state index is 0.0999. The predicted octanol–water partition coefficient (Wildman–Crippen LogP) is 2.90. The highest BCUT2D eigenvalue weighted by molar-refractivity contribution is 5.78. The number of nitriles is 1. The normalized spacial score (nSPS) is 10.8. The third-order valence-electron chi connectivity index (χ3n) is 2.91. The first-order chi connectivity index (χ1) is 8.49. The fourth-order valence-corrected chi connectivity index (χ4v) is 1.91. The van der Waals surface area contributed by atoms with Gasteiger partial charge in [-0.1, -0.05) is 37.6 Å². The van der Waals surface area contributed by atoms with Gasteiger partial charge in [-0.15, -0.1) is 0 Å². The van der Waals surface area contributed by atoms with E-state index in [0.29, 0.717) is 0 Å². The Morgan fingerprint density at radius 2 is 1.94 bits per heavy atom.